The lowest BCUT2D eigenvalue weighted by atomic mass is 10.1. The highest BCUT2D eigenvalue weighted by Gasteiger charge is 2.33. The van der Waals surface area contributed by atoms with Crippen LogP contribution in [-0.4, -0.2) is 0 Å². The zero-order chi connectivity index (χ0) is 10.2. The van der Waals surface area contributed by atoms with Crippen LogP contribution in [0.2, 0.25) is 0 Å². The summed E-state index contributed by atoms with van der Waals surface area (Å²) in [5, 5.41) is 0. The van der Waals surface area contributed by atoms with Gasteiger partial charge in [0, 0.05) is 4.47 Å². The second kappa shape index (κ2) is 3.10. The molecular formula is C7H6BrF3N2. The lowest BCUT2D eigenvalue weighted by Crippen LogP contribution is -2.10. The van der Waals surface area contributed by atoms with E-state index in [0.717, 1.165) is 6.07 Å². The van der Waals surface area contributed by atoms with E-state index in [2.05, 4.69) is 15.9 Å². The van der Waals surface area contributed by atoms with Crippen LogP contribution in [0.1, 0.15) is 5.56 Å². The van der Waals surface area contributed by atoms with E-state index in [1.807, 2.05) is 0 Å². The molecule has 0 atom stereocenters. The summed E-state index contributed by atoms with van der Waals surface area (Å²) in [6.07, 6.45) is -4.47. The predicted octanol–water partition coefficient (Wildman–Crippen LogP) is 2.63. The first kappa shape index (κ1) is 10.2. The zero-order valence-electron chi connectivity index (χ0n) is 6.32. The number of nitrogens with two attached hydrogens (primary N) is 2. The number of alkyl halides is 3. The van der Waals surface area contributed by atoms with Gasteiger partial charge in [0.25, 0.3) is 0 Å². The van der Waals surface area contributed by atoms with Crippen molar-refractivity contribution in [1.29, 1.82) is 0 Å². The van der Waals surface area contributed by atoms with Gasteiger partial charge in [0.1, 0.15) is 0 Å². The van der Waals surface area contributed by atoms with Gasteiger partial charge in [0.05, 0.1) is 16.9 Å². The van der Waals surface area contributed by atoms with E-state index in [0.29, 0.717) is 0 Å². The van der Waals surface area contributed by atoms with Crippen LogP contribution in [0.5, 0.6) is 0 Å². The molecule has 0 spiro atoms. The van der Waals surface area contributed by atoms with Gasteiger partial charge in [0.2, 0.25) is 0 Å². The average Bonchev–Trinajstić information content (AvgIpc) is 1.94. The van der Waals surface area contributed by atoms with E-state index >= 15 is 0 Å². The second-order valence-corrected chi connectivity index (χ2v) is 3.37. The molecule has 0 aromatic heterocycles. The van der Waals surface area contributed by atoms with Gasteiger partial charge in [-0.05, 0) is 12.1 Å². The highest BCUT2D eigenvalue weighted by molar-refractivity contribution is 9.10. The van der Waals surface area contributed by atoms with Crippen molar-refractivity contribution in [2.24, 2.45) is 0 Å². The van der Waals surface area contributed by atoms with Gasteiger partial charge in [-0.3, -0.25) is 0 Å². The van der Waals surface area contributed by atoms with E-state index in [4.69, 9.17) is 11.5 Å². The molecule has 4 N–H and O–H groups in total. The summed E-state index contributed by atoms with van der Waals surface area (Å²) in [5.41, 5.74) is 9.00. The highest BCUT2D eigenvalue weighted by atomic mass is 79.9. The fourth-order valence-corrected chi connectivity index (χ4v) is 1.35. The van der Waals surface area contributed by atoms with Gasteiger partial charge in [0.15, 0.2) is 0 Å². The van der Waals surface area contributed by atoms with Gasteiger partial charge in [-0.25, -0.2) is 0 Å². The van der Waals surface area contributed by atoms with Crippen LogP contribution in [-0.2, 0) is 6.18 Å². The lowest BCUT2D eigenvalue weighted by molar-refractivity contribution is -0.136. The predicted molar refractivity (Wildman–Crippen MR) is 48.0 cm³/mol. The van der Waals surface area contributed by atoms with Crippen molar-refractivity contribution in [1.82, 2.24) is 0 Å². The van der Waals surface area contributed by atoms with Crippen LogP contribution in [0.4, 0.5) is 24.5 Å². The largest absolute Gasteiger partial charge is 0.418 e. The quantitative estimate of drug-likeness (QED) is 0.700. The number of hydrogen-bond acceptors (Lipinski definition) is 2. The first-order chi connectivity index (χ1) is 5.82. The number of hydrogen-bond donors (Lipinski definition) is 2. The Kier molecular flexibility index (Phi) is 2.42. The lowest BCUT2D eigenvalue weighted by Gasteiger charge is -2.11. The number of halogens is 4. The molecule has 0 saturated carbocycles. The maximum absolute atomic E-state index is 12.3. The zero-order valence-corrected chi connectivity index (χ0v) is 7.91. The van der Waals surface area contributed by atoms with E-state index < -0.39 is 17.4 Å². The van der Waals surface area contributed by atoms with Crippen LogP contribution in [0.15, 0.2) is 16.6 Å². The summed E-state index contributed by atoms with van der Waals surface area (Å²) in [6, 6.07) is 2.22. The minimum absolute atomic E-state index is 0.0818. The summed E-state index contributed by atoms with van der Waals surface area (Å²) >= 11 is 2.90. The topological polar surface area (TPSA) is 52.0 Å². The van der Waals surface area contributed by atoms with E-state index in [1.165, 1.54) is 6.07 Å². The molecule has 72 valence electrons. The van der Waals surface area contributed by atoms with Crippen molar-refractivity contribution in [3.05, 3.63) is 22.2 Å². The maximum atomic E-state index is 12.3. The Hall–Kier alpha value is -0.910. The Morgan fingerprint density at radius 3 is 2.15 bits per heavy atom. The summed E-state index contributed by atoms with van der Waals surface area (Å²) < 4.78 is 37.0. The molecule has 6 heteroatoms. The Morgan fingerprint density at radius 2 is 1.69 bits per heavy atom. The Morgan fingerprint density at radius 1 is 1.15 bits per heavy atom. The molecule has 13 heavy (non-hydrogen) atoms. The summed E-state index contributed by atoms with van der Waals surface area (Å²) in [4.78, 5) is 0. The molecule has 2 nitrogen and oxygen atoms in total. The molecule has 1 aromatic rings. The standard InChI is InChI=1S/C7H6BrF3N2/c8-3-1-4(7(9,10)11)6(13)5(12)2-3/h1-2H,12-13H2. The Balaban J connectivity index is 3.37. The molecule has 0 aliphatic rings. The van der Waals surface area contributed by atoms with Crippen molar-refractivity contribution in [2.75, 3.05) is 11.5 Å². The van der Waals surface area contributed by atoms with Crippen LogP contribution in [0, 0.1) is 0 Å². The summed E-state index contributed by atoms with van der Waals surface area (Å²) in [5.74, 6) is 0. The van der Waals surface area contributed by atoms with Gasteiger partial charge < -0.3 is 11.5 Å². The SMILES string of the molecule is Nc1cc(Br)cc(C(F)(F)F)c1N. The first-order valence-corrected chi connectivity index (χ1v) is 4.03. The molecule has 0 unspecified atom stereocenters. The monoisotopic (exact) mass is 254 g/mol. The normalized spacial score (nSPS) is 11.7. The number of benzene rings is 1. The maximum Gasteiger partial charge on any atom is 0.418 e. The van der Waals surface area contributed by atoms with Crippen LogP contribution < -0.4 is 11.5 Å². The fourth-order valence-electron chi connectivity index (χ4n) is 0.874. The van der Waals surface area contributed by atoms with Crippen LogP contribution >= 0.6 is 15.9 Å². The fraction of sp³-hybridized carbons (Fsp3) is 0.143. The van der Waals surface area contributed by atoms with Gasteiger partial charge in [-0.1, -0.05) is 15.9 Å². The van der Waals surface area contributed by atoms with E-state index in [9.17, 15) is 13.2 Å². The molecule has 0 bridgehead atoms. The Bertz CT molecular complexity index is 335. The third kappa shape index (κ3) is 2.06. The molecule has 0 amide bonds. The molecule has 0 saturated heterocycles. The Labute approximate surface area is 80.8 Å². The molecule has 0 aliphatic heterocycles. The first-order valence-electron chi connectivity index (χ1n) is 3.24. The molecule has 1 rings (SSSR count). The summed E-state index contributed by atoms with van der Waals surface area (Å²) in [7, 11) is 0. The van der Waals surface area contributed by atoms with Crippen molar-refractivity contribution in [2.45, 2.75) is 6.18 Å². The minimum atomic E-state index is -4.47. The average molecular weight is 255 g/mol. The van der Waals surface area contributed by atoms with Crippen LogP contribution in [0.3, 0.4) is 0 Å². The molecule has 0 fully saturated rings. The molecule has 0 aliphatic carbocycles. The van der Waals surface area contributed by atoms with Gasteiger partial charge >= 0.3 is 6.18 Å². The van der Waals surface area contributed by atoms with Crippen molar-refractivity contribution < 1.29 is 13.2 Å². The molecule has 1 aromatic carbocycles. The van der Waals surface area contributed by atoms with Crippen LogP contribution in [0.25, 0.3) is 0 Å². The summed E-state index contributed by atoms with van der Waals surface area (Å²) in [6.45, 7) is 0. The van der Waals surface area contributed by atoms with Gasteiger partial charge in [-0.15, -0.1) is 0 Å². The van der Waals surface area contributed by atoms with Crippen molar-refractivity contribution >= 4 is 27.3 Å². The number of rotatable bonds is 0. The molecule has 0 radical (unpaired) electrons. The molecular weight excluding hydrogens is 249 g/mol. The van der Waals surface area contributed by atoms with Crippen molar-refractivity contribution in [3.8, 4) is 0 Å². The smallest absolute Gasteiger partial charge is 0.397 e. The van der Waals surface area contributed by atoms with Gasteiger partial charge in [-0.2, -0.15) is 13.2 Å². The third-order valence-corrected chi connectivity index (χ3v) is 1.94. The minimum Gasteiger partial charge on any atom is -0.397 e. The molecule has 0 heterocycles. The number of nitrogen functional groups attached to an aromatic ring is 2. The third-order valence-electron chi connectivity index (χ3n) is 1.48. The second-order valence-electron chi connectivity index (χ2n) is 2.45. The van der Waals surface area contributed by atoms with E-state index in [-0.39, 0.29) is 10.2 Å². The highest BCUT2D eigenvalue weighted by Crippen LogP contribution is 2.37. The van der Waals surface area contributed by atoms with E-state index in [1.54, 1.807) is 0 Å². The van der Waals surface area contributed by atoms with Crippen molar-refractivity contribution in [3.63, 3.8) is 0 Å². The number of anilines is 2.